The topological polar surface area (TPSA) is 332 Å². The molecule has 1 fully saturated rings. The summed E-state index contributed by atoms with van der Waals surface area (Å²) >= 11 is 0. The zero-order chi connectivity index (χ0) is 62.7. The molecule has 0 aromatic heterocycles. The Morgan fingerprint density at radius 1 is 0.322 bits per heavy atom. The third-order valence-corrected chi connectivity index (χ3v) is 12.5. The molecule has 6 rings (SSSR count). The maximum absolute atomic E-state index is 14.4. The second-order valence-electron chi connectivity index (χ2n) is 19.5. The maximum atomic E-state index is 14.4. The van der Waals surface area contributed by atoms with E-state index in [-0.39, 0.29) is 33.0 Å². The van der Waals surface area contributed by atoms with Crippen molar-refractivity contribution in [2.24, 2.45) is 0 Å². The zero-order valence-corrected chi connectivity index (χ0v) is 48.0. The Bertz CT molecular complexity index is 3070. The van der Waals surface area contributed by atoms with Gasteiger partial charge in [0, 0.05) is 0 Å². The van der Waals surface area contributed by atoms with Crippen LogP contribution in [0.15, 0.2) is 152 Å². The fourth-order valence-electron chi connectivity index (χ4n) is 7.73. The van der Waals surface area contributed by atoms with E-state index in [0.29, 0.717) is 27.8 Å². The minimum atomic E-state index is -2.29. The molecule has 26 heteroatoms. The van der Waals surface area contributed by atoms with Gasteiger partial charge in [-0.15, -0.1) is 0 Å². The van der Waals surface area contributed by atoms with Gasteiger partial charge in [0.2, 0.25) is 12.4 Å². The first-order valence-electron chi connectivity index (χ1n) is 27.3. The molecule has 0 radical (unpaired) electrons. The zero-order valence-electron chi connectivity index (χ0n) is 48.0. The molecule has 1 aliphatic heterocycles. The second kappa shape index (κ2) is 33.9. The van der Waals surface area contributed by atoms with E-state index < -0.39 is 128 Å². The fraction of sp³-hybridized carbons (Fsp3) is 0.344. The number of hydrogen-bond acceptors (Lipinski definition) is 21. The van der Waals surface area contributed by atoms with Gasteiger partial charge in [-0.3, -0.25) is 0 Å². The summed E-state index contributed by atoms with van der Waals surface area (Å²) in [5.41, 5.74) is 3.03. The Labute approximate surface area is 500 Å². The summed E-state index contributed by atoms with van der Waals surface area (Å²) in [4.78, 5) is 136. The molecule has 1 aliphatic rings. The van der Waals surface area contributed by atoms with Crippen LogP contribution in [0.3, 0.4) is 0 Å². The minimum Gasteiger partial charge on any atom is -0.461 e. The lowest BCUT2D eigenvalue weighted by atomic mass is 9.97. The third-order valence-electron chi connectivity index (χ3n) is 12.5. The normalized spacial score (nSPS) is 17.6. The first-order valence-corrected chi connectivity index (χ1v) is 27.3. The number of ether oxygens (including phenoxy) is 11. The Kier molecular flexibility index (Phi) is 25.7. The molecule has 1 saturated heterocycles. The van der Waals surface area contributed by atoms with Gasteiger partial charge in [-0.1, -0.05) is 152 Å². The first kappa shape index (κ1) is 65.9. The van der Waals surface area contributed by atoms with E-state index in [9.17, 15) is 47.9 Å². The molecule has 0 saturated carbocycles. The molecule has 5 unspecified atom stereocenters. The van der Waals surface area contributed by atoms with E-state index >= 15 is 0 Å². The Morgan fingerprint density at radius 3 is 0.851 bits per heavy atom. The van der Waals surface area contributed by atoms with Crippen molar-refractivity contribution in [3.8, 4) is 0 Å². The highest BCUT2D eigenvalue weighted by molar-refractivity contribution is 5.84. The van der Waals surface area contributed by atoms with E-state index in [0.717, 1.165) is 0 Å². The number of esters is 5. The first-order chi connectivity index (χ1) is 41.8. The molecular formula is C61H67N5O21. The van der Waals surface area contributed by atoms with Crippen LogP contribution in [-0.2, 0) is 109 Å². The predicted molar refractivity (Wildman–Crippen MR) is 301 cm³/mol. The highest BCUT2D eigenvalue weighted by Crippen LogP contribution is 2.31. The quantitative estimate of drug-likeness (QED) is 0.0308. The van der Waals surface area contributed by atoms with Crippen LogP contribution >= 0.6 is 0 Å². The van der Waals surface area contributed by atoms with Gasteiger partial charge in [-0.25, -0.2) is 47.9 Å². The largest absolute Gasteiger partial charge is 0.461 e. The van der Waals surface area contributed by atoms with Gasteiger partial charge in [0.15, 0.2) is 12.2 Å². The number of benzene rings is 5. The molecule has 0 spiro atoms. The van der Waals surface area contributed by atoms with Gasteiger partial charge in [0.1, 0.15) is 76.0 Å². The van der Waals surface area contributed by atoms with Crippen LogP contribution in [0, 0.1) is 0 Å². The number of amides is 5. The summed E-state index contributed by atoms with van der Waals surface area (Å²) < 4.78 is 61.8. The van der Waals surface area contributed by atoms with Crippen molar-refractivity contribution in [1.82, 2.24) is 26.6 Å². The summed E-state index contributed by atoms with van der Waals surface area (Å²) in [6, 6.07) is 34.8. The Hall–Kier alpha value is -10.2. The minimum absolute atomic E-state index is 0.166. The number of hydrogen-bond donors (Lipinski definition) is 5. The van der Waals surface area contributed by atoms with Crippen LogP contribution in [0.4, 0.5) is 24.0 Å². The molecule has 5 aromatic carbocycles. The number of alkyl carbamates (subject to hydrolysis) is 5. The summed E-state index contributed by atoms with van der Waals surface area (Å²) in [6.45, 7) is 3.93. The summed E-state index contributed by atoms with van der Waals surface area (Å²) in [5, 5.41) is 11.6. The molecule has 0 bridgehead atoms. The monoisotopic (exact) mass is 1210 g/mol. The number of carbonyl (C=O) groups is 10. The van der Waals surface area contributed by atoms with Crippen LogP contribution in [0.5, 0.6) is 0 Å². The summed E-state index contributed by atoms with van der Waals surface area (Å²) in [5.74, 6) is -6.42. The molecule has 1 heterocycles. The predicted octanol–water partition coefficient (Wildman–Crippen LogP) is 6.11. The van der Waals surface area contributed by atoms with E-state index in [1.165, 1.54) is 34.6 Å². The average molecular weight is 1210 g/mol. The van der Waals surface area contributed by atoms with Crippen molar-refractivity contribution in [3.63, 3.8) is 0 Å². The fourth-order valence-corrected chi connectivity index (χ4v) is 7.73. The van der Waals surface area contributed by atoms with Crippen molar-refractivity contribution in [2.75, 3.05) is 6.61 Å². The SMILES string of the molecule is C[C@H](NC(=O)OCc1ccccc1)C(=O)OC1OC(COC(=O)[C@@H](C)NC(=O)OCc2ccccc2)C(OC(=O)[C@@H](C)NC(=O)OCc2ccccc2)C(OC(=O)[C@@H](C)NC(=O)OCc2ccccc2)C1OC(=O)[C@@H](C)NC(=O)OCc1ccccc1. The molecule has 5 aromatic rings. The summed E-state index contributed by atoms with van der Waals surface area (Å²) in [7, 11) is 0. The van der Waals surface area contributed by atoms with Crippen molar-refractivity contribution in [1.29, 1.82) is 0 Å². The van der Waals surface area contributed by atoms with Crippen LogP contribution in [0.1, 0.15) is 62.4 Å². The van der Waals surface area contributed by atoms with E-state index in [1.54, 1.807) is 152 Å². The van der Waals surface area contributed by atoms with Crippen molar-refractivity contribution < 1.29 is 100 Å². The van der Waals surface area contributed by atoms with Gasteiger partial charge >= 0.3 is 60.3 Å². The summed E-state index contributed by atoms with van der Waals surface area (Å²) in [6.07, 6.45) is -16.2. The number of carbonyl (C=O) groups excluding carboxylic acids is 10. The molecule has 5 N–H and O–H groups in total. The highest BCUT2D eigenvalue weighted by atomic mass is 16.8. The highest BCUT2D eigenvalue weighted by Gasteiger charge is 2.55. The van der Waals surface area contributed by atoms with Gasteiger partial charge in [-0.05, 0) is 62.4 Å². The lowest BCUT2D eigenvalue weighted by Gasteiger charge is -2.44. The van der Waals surface area contributed by atoms with Gasteiger partial charge < -0.3 is 78.7 Å². The molecule has 87 heavy (non-hydrogen) atoms. The van der Waals surface area contributed by atoms with E-state index in [1.807, 2.05) is 0 Å². The van der Waals surface area contributed by atoms with Crippen molar-refractivity contribution in [3.05, 3.63) is 179 Å². The van der Waals surface area contributed by atoms with Crippen LogP contribution < -0.4 is 26.6 Å². The van der Waals surface area contributed by atoms with Crippen LogP contribution in [0.2, 0.25) is 0 Å². The molecule has 5 amide bonds. The average Bonchev–Trinajstić information content (AvgIpc) is 1.82. The molecular weight excluding hydrogens is 1140 g/mol. The van der Waals surface area contributed by atoms with Crippen LogP contribution in [-0.4, -0.2) is 128 Å². The van der Waals surface area contributed by atoms with E-state index in [2.05, 4.69) is 26.6 Å². The molecule has 462 valence electrons. The van der Waals surface area contributed by atoms with Gasteiger partial charge in [-0.2, -0.15) is 0 Å². The molecule has 0 aliphatic carbocycles. The van der Waals surface area contributed by atoms with Gasteiger partial charge in [0.25, 0.3) is 0 Å². The smallest absolute Gasteiger partial charge is 0.408 e. The standard InChI is InChI=1S/C61H67N5O21/c1-37(62-57(72)78-31-42-21-11-6-12-22-42)51(67)77-36-47-48(84-52(68)38(2)63-58(73)79-32-43-23-13-7-14-24-43)49(85-53(69)39(3)64-59(74)80-33-44-25-15-8-16-26-44)50(86-54(70)40(4)65-60(75)81-34-45-27-17-9-18-28-45)56(83-47)87-55(71)41(5)66-61(76)82-35-46-29-19-10-20-30-46/h6-30,37-41,47-50,56H,31-36H2,1-5H3,(H,62,72)(H,63,73)(H,64,74)(H,65,75)(H,66,76)/t37-,38-,39-,40-,41+,47?,48?,49?,50?,56?/m1/s1. The lowest BCUT2D eigenvalue weighted by Crippen LogP contribution is -2.65. The lowest BCUT2D eigenvalue weighted by molar-refractivity contribution is -0.302. The third kappa shape index (κ3) is 22.4. The molecule has 26 nitrogen and oxygen atoms in total. The number of nitrogens with one attached hydrogen (secondary N) is 5. The second-order valence-corrected chi connectivity index (χ2v) is 19.5. The van der Waals surface area contributed by atoms with E-state index in [4.69, 9.17) is 52.1 Å². The van der Waals surface area contributed by atoms with Crippen molar-refractivity contribution >= 4 is 60.3 Å². The Morgan fingerprint density at radius 2 is 0.563 bits per heavy atom. The Balaban J connectivity index is 1.33. The van der Waals surface area contributed by atoms with Gasteiger partial charge in [0.05, 0.1) is 0 Å². The number of rotatable bonds is 26. The molecule has 10 atom stereocenters. The van der Waals surface area contributed by atoms with Crippen molar-refractivity contribution in [2.45, 2.75) is 129 Å². The van der Waals surface area contributed by atoms with Crippen LogP contribution in [0.25, 0.3) is 0 Å². The maximum Gasteiger partial charge on any atom is 0.408 e.